The highest BCUT2D eigenvalue weighted by atomic mass is 14.3. The van der Waals surface area contributed by atoms with Crippen LogP contribution in [0, 0.1) is 5.92 Å². The Hall–Kier alpha value is -2.08. The second-order valence-electron chi connectivity index (χ2n) is 10.6. The van der Waals surface area contributed by atoms with Crippen LogP contribution in [0.2, 0.25) is 0 Å². The van der Waals surface area contributed by atoms with E-state index in [9.17, 15) is 0 Å². The van der Waals surface area contributed by atoms with E-state index < -0.39 is 0 Å². The molecule has 1 unspecified atom stereocenters. The fourth-order valence-electron chi connectivity index (χ4n) is 6.07. The van der Waals surface area contributed by atoms with Gasteiger partial charge in [-0.05, 0) is 97.8 Å². The summed E-state index contributed by atoms with van der Waals surface area (Å²) >= 11 is 0. The van der Waals surface area contributed by atoms with Crippen LogP contribution in [0.15, 0.2) is 72.8 Å². The van der Waals surface area contributed by atoms with Crippen LogP contribution in [0.5, 0.6) is 0 Å². The summed E-state index contributed by atoms with van der Waals surface area (Å²) in [6.45, 7) is 6.17. The molecule has 33 heavy (non-hydrogen) atoms. The van der Waals surface area contributed by atoms with Gasteiger partial charge in [0.1, 0.15) is 0 Å². The predicted molar refractivity (Wildman–Crippen MR) is 145 cm³/mol. The minimum Gasteiger partial charge on any atom is -0.103 e. The molecule has 0 amide bonds. The molecule has 0 radical (unpaired) electrons. The Morgan fingerprint density at radius 2 is 1.42 bits per heavy atom. The zero-order valence-corrected chi connectivity index (χ0v) is 20.9. The normalized spacial score (nSPS) is 23.2. The van der Waals surface area contributed by atoms with E-state index in [4.69, 9.17) is 0 Å². The quantitative estimate of drug-likeness (QED) is 0.254. The first-order chi connectivity index (χ1) is 16.3. The molecule has 0 bridgehead atoms. The molecule has 0 N–H and O–H groups in total. The zero-order valence-electron chi connectivity index (χ0n) is 20.9. The van der Waals surface area contributed by atoms with Gasteiger partial charge in [-0.2, -0.15) is 0 Å². The standard InChI is InChI=1S/C33H44/c1-3-5-7-9-27-12-16-29(17-13-27)31-20-24-33(25-21-31)32-22-18-30(19-23-32)28-14-10-26(11-15-28)8-6-4-2/h4,10,18-25,27-29H,2-3,5-9,11-17H2,1H3. The van der Waals surface area contributed by atoms with Crippen LogP contribution in [0.1, 0.15) is 113 Å². The van der Waals surface area contributed by atoms with Crippen molar-refractivity contribution in [2.24, 2.45) is 5.92 Å². The van der Waals surface area contributed by atoms with Crippen LogP contribution >= 0.6 is 0 Å². The van der Waals surface area contributed by atoms with E-state index in [2.05, 4.69) is 68.1 Å². The molecule has 0 nitrogen and oxygen atoms in total. The van der Waals surface area contributed by atoms with Crippen LogP contribution in [-0.2, 0) is 0 Å². The van der Waals surface area contributed by atoms with Gasteiger partial charge in [-0.3, -0.25) is 0 Å². The lowest BCUT2D eigenvalue weighted by Gasteiger charge is -2.29. The van der Waals surface area contributed by atoms with Gasteiger partial charge in [0.25, 0.3) is 0 Å². The van der Waals surface area contributed by atoms with Crippen LogP contribution in [0.25, 0.3) is 11.1 Å². The monoisotopic (exact) mass is 440 g/mol. The molecule has 0 spiro atoms. The molecule has 2 aliphatic rings. The van der Waals surface area contributed by atoms with E-state index in [1.807, 2.05) is 6.08 Å². The minimum absolute atomic E-state index is 0.686. The summed E-state index contributed by atoms with van der Waals surface area (Å²) in [5.41, 5.74) is 7.40. The van der Waals surface area contributed by atoms with Crippen molar-refractivity contribution in [1.82, 2.24) is 0 Å². The van der Waals surface area contributed by atoms with Crippen LogP contribution < -0.4 is 0 Å². The van der Waals surface area contributed by atoms with Crippen LogP contribution in [-0.4, -0.2) is 0 Å². The Balaban J connectivity index is 1.30. The second-order valence-corrected chi connectivity index (χ2v) is 10.6. The highest BCUT2D eigenvalue weighted by Gasteiger charge is 2.22. The molecule has 0 heterocycles. The first kappa shape index (κ1) is 24.1. The molecule has 0 saturated heterocycles. The van der Waals surface area contributed by atoms with Gasteiger partial charge in [-0.1, -0.05) is 98.9 Å². The van der Waals surface area contributed by atoms with E-state index in [0.717, 1.165) is 18.3 Å². The van der Waals surface area contributed by atoms with Gasteiger partial charge < -0.3 is 0 Å². The van der Waals surface area contributed by atoms with Crippen molar-refractivity contribution >= 4 is 0 Å². The molecule has 2 aromatic rings. The van der Waals surface area contributed by atoms with Gasteiger partial charge in [0.15, 0.2) is 0 Å². The maximum Gasteiger partial charge on any atom is -0.0124 e. The molecular formula is C33H44. The van der Waals surface area contributed by atoms with Crippen molar-refractivity contribution < 1.29 is 0 Å². The lowest BCUT2D eigenvalue weighted by Crippen LogP contribution is -2.13. The Kier molecular flexibility index (Phi) is 9.04. The number of unbranched alkanes of at least 4 members (excludes halogenated alkanes) is 2. The summed E-state index contributed by atoms with van der Waals surface area (Å²) in [7, 11) is 0. The molecule has 2 aromatic carbocycles. The average molecular weight is 441 g/mol. The fraction of sp³-hybridized carbons (Fsp3) is 0.515. The van der Waals surface area contributed by atoms with Gasteiger partial charge in [-0.25, -0.2) is 0 Å². The number of hydrogen-bond donors (Lipinski definition) is 0. The topological polar surface area (TPSA) is 0 Å². The van der Waals surface area contributed by atoms with Gasteiger partial charge in [0.05, 0.1) is 0 Å². The summed E-state index contributed by atoms with van der Waals surface area (Å²) in [5, 5.41) is 0. The number of rotatable bonds is 10. The first-order valence-corrected chi connectivity index (χ1v) is 13.8. The first-order valence-electron chi connectivity index (χ1n) is 13.8. The largest absolute Gasteiger partial charge is 0.103 e. The van der Waals surface area contributed by atoms with E-state index in [-0.39, 0.29) is 0 Å². The Morgan fingerprint density at radius 3 is 1.97 bits per heavy atom. The lowest BCUT2D eigenvalue weighted by atomic mass is 9.77. The third-order valence-electron chi connectivity index (χ3n) is 8.33. The number of allylic oxidation sites excluding steroid dienone is 3. The zero-order chi connectivity index (χ0) is 22.9. The van der Waals surface area contributed by atoms with Crippen molar-refractivity contribution in [3.63, 3.8) is 0 Å². The molecular weight excluding hydrogens is 396 g/mol. The molecule has 1 atom stereocenters. The highest BCUT2D eigenvalue weighted by molar-refractivity contribution is 5.64. The third kappa shape index (κ3) is 6.72. The molecule has 4 rings (SSSR count). The second kappa shape index (κ2) is 12.4. The summed E-state index contributed by atoms with van der Waals surface area (Å²) < 4.78 is 0. The minimum atomic E-state index is 0.686. The fourth-order valence-corrected chi connectivity index (χ4v) is 6.07. The van der Waals surface area contributed by atoms with Gasteiger partial charge in [0, 0.05) is 0 Å². The maximum absolute atomic E-state index is 3.86. The predicted octanol–water partition coefficient (Wildman–Crippen LogP) is 10.4. The smallest absolute Gasteiger partial charge is 0.0124 e. The van der Waals surface area contributed by atoms with Crippen LogP contribution in [0.3, 0.4) is 0 Å². The summed E-state index contributed by atoms with van der Waals surface area (Å²) in [6.07, 6.45) is 21.9. The van der Waals surface area contributed by atoms with Gasteiger partial charge in [-0.15, -0.1) is 6.58 Å². The van der Waals surface area contributed by atoms with Crippen LogP contribution in [0.4, 0.5) is 0 Å². The molecule has 0 aromatic heterocycles. The molecule has 1 saturated carbocycles. The Morgan fingerprint density at radius 1 is 0.788 bits per heavy atom. The summed E-state index contributed by atoms with van der Waals surface area (Å²) in [5.74, 6) is 2.45. The van der Waals surface area contributed by atoms with E-state index in [0.29, 0.717) is 5.92 Å². The summed E-state index contributed by atoms with van der Waals surface area (Å²) in [6, 6.07) is 18.9. The van der Waals surface area contributed by atoms with Crippen molar-refractivity contribution in [2.75, 3.05) is 0 Å². The van der Waals surface area contributed by atoms with Crippen molar-refractivity contribution in [2.45, 2.75) is 102 Å². The maximum atomic E-state index is 3.86. The highest BCUT2D eigenvalue weighted by Crippen LogP contribution is 2.39. The molecule has 0 heteroatoms. The SMILES string of the molecule is C=CCCC1=CCC(c2ccc(-c3ccc(C4CCC(CCCCC)CC4)cc3)cc2)CC1. The van der Waals surface area contributed by atoms with Crippen molar-refractivity contribution in [1.29, 1.82) is 0 Å². The number of hydrogen-bond acceptors (Lipinski definition) is 0. The van der Waals surface area contributed by atoms with Gasteiger partial charge >= 0.3 is 0 Å². The molecule has 2 aliphatic carbocycles. The van der Waals surface area contributed by atoms with E-state index in [1.54, 1.807) is 11.1 Å². The third-order valence-corrected chi connectivity index (χ3v) is 8.33. The van der Waals surface area contributed by atoms with E-state index in [1.165, 1.54) is 93.7 Å². The molecule has 176 valence electrons. The lowest BCUT2D eigenvalue weighted by molar-refractivity contribution is 0.303. The molecule has 0 aliphatic heterocycles. The van der Waals surface area contributed by atoms with Gasteiger partial charge in [0.2, 0.25) is 0 Å². The molecule has 1 fully saturated rings. The van der Waals surface area contributed by atoms with E-state index >= 15 is 0 Å². The van der Waals surface area contributed by atoms with Crippen molar-refractivity contribution in [3.05, 3.63) is 84.0 Å². The van der Waals surface area contributed by atoms with Crippen molar-refractivity contribution in [3.8, 4) is 11.1 Å². The summed E-state index contributed by atoms with van der Waals surface area (Å²) in [4.78, 5) is 0. The number of benzene rings is 2. The average Bonchev–Trinajstić information content (AvgIpc) is 2.89. The Labute approximate surface area is 203 Å². The Bertz CT molecular complexity index is 875.